The third kappa shape index (κ3) is 2.74. The third-order valence-corrected chi connectivity index (χ3v) is 3.55. The Morgan fingerprint density at radius 2 is 1.25 bits per heavy atom. The molecule has 2 fully saturated rings. The fourth-order valence-electron chi connectivity index (χ4n) is 2.73. The van der Waals surface area contributed by atoms with Crippen molar-refractivity contribution >= 4 is 0 Å². The first kappa shape index (κ1) is 11.9. The Bertz CT molecular complexity index is 223. The van der Waals surface area contributed by atoms with Gasteiger partial charge in [-0.25, -0.2) is 0 Å². The van der Waals surface area contributed by atoms with Gasteiger partial charge in [-0.2, -0.15) is 0 Å². The maximum Gasteiger partial charge on any atom is 0.0841 e. The normalized spacial score (nSPS) is 38.8. The van der Waals surface area contributed by atoms with E-state index in [1.54, 1.807) is 0 Å². The summed E-state index contributed by atoms with van der Waals surface area (Å²) in [6.07, 6.45) is 11.8. The second-order valence-electron chi connectivity index (χ2n) is 4.80. The molecule has 0 aromatic heterocycles. The molecule has 0 unspecified atom stereocenters. The van der Waals surface area contributed by atoms with E-state index in [-0.39, 0.29) is 0 Å². The van der Waals surface area contributed by atoms with Gasteiger partial charge in [0.05, 0.1) is 24.4 Å². The van der Waals surface area contributed by atoms with Crippen LogP contribution in [-0.2, 0) is 9.47 Å². The molecule has 0 aliphatic carbocycles. The number of rotatable bonds is 5. The van der Waals surface area contributed by atoms with Crippen LogP contribution < -0.4 is 0 Å². The summed E-state index contributed by atoms with van der Waals surface area (Å²) in [4.78, 5) is 0. The lowest BCUT2D eigenvalue weighted by atomic mass is 10.1. The molecule has 2 heterocycles. The molecule has 2 aliphatic rings. The number of hydrogen-bond donors (Lipinski definition) is 0. The van der Waals surface area contributed by atoms with Gasteiger partial charge in [-0.15, -0.1) is 13.2 Å². The molecule has 2 saturated heterocycles. The monoisotopic (exact) mass is 222 g/mol. The summed E-state index contributed by atoms with van der Waals surface area (Å²) in [5, 5.41) is 0. The first-order valence-corrected chi connectivity index (χ1v) is 6.36. The lowest BCUT2D eigenvalue weighted by Gasteiger charge is -2.20. The smallest absolute Gasteiger partial charge is 0.0841 e. The zero-order valence-electron chi connectivity index (χ0n) is 9.94. The molecule has 0 spiro atoms. The van der Waals surface area contributed by atoms with Gasteiger partial charge < -0.3 is 9.47 Å². The van der Waals surface area contributed by atoms with Crippen molar-refractivity contribution in [1.29, 1.82) is 0 Å². The zero-order chi connectivity index (χ0) is 11.4. The van der Waals surface area contributed by atoms with E-state index in [2.05, 4.69) is 13.2 Å². The zero-order valence-corrected chi connectivity index (χ0v) is 9.94. The minimum atomic E-state index is 0.319. The van der Waals surface area contributed by atoms with E-state index in [4.69, 9.17) is 9.47 Å². The van der Waals surface area contributed by atoms with Crippen LogP contribution in [-0.4, -0.2) is 24.4 Å². The van der Waals surface area contributed by atoms with Gasteiger partial charge in [0.25, 0.3) is 0 Å². The molecule has 0 saturated carbocycles. The molecular weight excluding hydrogens is 200 g/mol. The molecule has 0 aromatic carbocycles. The number of hydrogen-bond acceptors (Lipinski definition) is 2. The first-order valence-electron chi connectivity index (χ1n) is 6.36. The molecule has 90 valence electrons. The molecule has 4 atom stereocenters. The van der Waals surface area contributed by atoms with E-state index < -0.39 is 0 Å². The Hall–Kier alpha value is -0.600. The SMILES string of the molecule is C=CC[C@H]1CC[C@H]([C@H]2CC[C@H](CC=C)O2)O1. The quantitative estimate of drug-likeness (QED) is 0.665. The van der Waals surface area contributed by atoms with E-state index in [0.29, 0.717) is 24.4 Å². The summed E-state index contributed by atoms with van der Waals surface area (Å²) in [7, 11) is 0. The van der Waals surface area contributed by atoms with Gasteiger partial charge in [-0.1, -0.05) is 12.2 Å². The topological polar surface area (TPSA) is 18.5 Å². The van der Waals surface area contributed by atoms with Crippen molar-refractivity contribution in [1.82, 2.24) is 0 Å². The summed E-state index contributed by atoms with van der Waals surface area (Å²) >= 11 is 0. The van der Waals surface area contributed by atoms with Crippen LogP contribution in [0.4, 0.5) is 0 Å². The van der Waals surface area contributed by atoms with Crippen LogP contribution in [0.5, 0.6) is 0 Å². The highest BCUT2D eigenvalue weighted by atomic mass is 16.6. The second-order valence-corrected chi connectivity index (χ2v) is 4.80. The molecule has 2 nitrogen and oxygen atoms in total. The summed E-state index contributed by atoms with van der Waals surface area (Å²) in [5.41, 5.74) is 0. The minimum Gasteiger partial charge on any atom is -0.372 e. The van der Waals surface area contributed by atoms with Gasteiger partial charge in [-0.05, 0) is 38.5 Å². The maximum absolute atomic E-state index is 5.99. The second kappa shape index (κ2) is 5.65. The van der Waals surface area contributed by atoms with Crippen molar-refractivity contribution < 1.29 is 9.47 Å². The molecule has 2 heteroatoms. The molecule has 0 bridgehead atoms. The van der Waals surface area contributed by atoms with Crippen molar-refractivity contribution in [2.24, 2.45) is 0 Å². The van der Waals surface area contributed by atoms with Crippen LogP contribution in [0.1, 0.15) is 38.5 Å². The average Bonchev–Trinajstić information content (AvgIpc) is 2.87. The van der Waals surface area contributed by atoms with Crippen LogP contribution in [0, 0.1) is 0 Å². The molecule has 2 aliphatic heterocycles. The van der Waals surface area contributed by atoms with Crippen molar-refractivity contribution in [2.75, 3.05) is 0 Å². The van der Waals surface area contributed by atoms with Gasteiger partial charge >= 0.3 is 0 Å². The van der Waals surface area contributed by atoms with Gasteiger partial charge in [0.2, 0.25) is 0 Å². The van der Waals surface area contributed by atoms with E-state index >= 15 is 0 Å². The minimum absolute atomic E-state index is 0.319. The van der Waals surface area contributed by atoms with Gasteiger partial charge in [0, 0.05) is 0 Å². The van der Waals surface area contributed by atoms with Crippen LogP contribution in [0.15, 0.2) is 25.3 Å². The predicted octanol–water partition coefficient (Wildman–Crippen LogP) is 3.23. The summed E-state index contributed by atoms with van der Waals surface area (Å²) in [6.45, 7) is 7.52. The summed E-state index contributed by atoms with van der Waals surface area (Å²) in [5.74, 6) is 0. The highest BCUT2D eigenvalue weighted by Crippen LogP contribution is 2.33. The predicted molar refractivity (Wildman–Crippen MR) is 65.4 cm³/mol. The molecule has 0 radical (unpaired) electrons. The van der Waals surface area contributed by atoms with Crippen molar-refractivity contribution in [3.63, 3.8) is 0 Å². The summed E-state index contributed by atoms with van der Waals surface area (Å²) in [6, 6.07) is 0. The largest absolute Gasteiger partial charge is 0.372 e. The van der Waals surface area contributed by atoms with E-state index in [1.165, 1.54) is 0 Å². The molecule has 0 amide bonds. The Labute approximate surface area is 98.3 Å². The Kier molecular flexibility index (Phi) is 4.19. The Morgan fingerprint density at radius 3 is 1.62 bits per heavy atom. The molecule has 16 heavy (non-hydrogen) atoms. The van der Waals surface area contributed by atoms with Crippen molar-refractivity contribution in [3.8, 4) is 0 Å². The fraction of sp³-hybridized carbons (Fsp3) is 0.714. The van der Waals surface area contributed by atoms with E-state index in [0.717, 1.165) is 38.5 Å². The van der Waals surface area contributed by atoms with Gasteiger partial charge in [0.15, 0.2) is 0 Å². The van der Waals surface area contributed by atoms with Crippen molar-refractivity contribution in [3.05, 3.63) is 25.3 Å². The maximum atomic E-state index is 5.99. The van der Waals surface area contributed by atoms with E-state index in [1.807, 2.05) is 12.2 Å². The lowest BCUT2D eigenvalue weighted by molar-refractivity contribution is -0.0633. The lowest BCUT2D eigenvalue weighted by Crippen LogP contribution is -2.26. The summed E-state index contributed by atoms with van der Waals surface area (Å²) < 4.78 is 12.0. The number of ether oxygens (including phenoxy) is 2. The Morgan fingerprint density at radius 1 is 0.812 bits per heavy atom. The highest BCUT2D eigenvalue weighted by Gasteiger charge is 2.36. The molecule has 0 aromatic rings. The highest BCUT2D eigenvalue weighted by molar-refractivity contribution is 4.88. The molecule has 2 rings (SSSR count). The van der Waals surface area contributed by atoms with Crippen LogP contribution in [0.3, 0.4) is 0 Å². The fourth-order valence-corrected chi connectivity index (χ4v) is 2.73. The van der Waals surface area contributed by atoms with Gasteiger partial charge in [-0.3, -0.25) is 0 Å². The van der Waals surface area contributed by atoms with Crippen LogP contribution >= 0.6 is 0 Å². The van der Waals surface area contributed by atoms with Crippen LogP contribution in [0.25, 0.3) is 0 Å². The molecule has 0 N–H and O–H groups in total. The first-order chi connectivity index (χ1) is 7.83. The van der Waals surface area contributed by atoms with E-state index in [9.17, 15) is 0 Å². The standard InChI is InChI=1S/C14H22O2/c1-3-5-11-7-9-13(15-11)14-10-8-12(16-14)6-4-2/h3-4,11-14H,1-2,5-10H2/t11-,12-,13+,14+/m0/s1. The van der Waals surface area contributed by atoms with Crippen molar-refractivity contribution in [2.45, 2.75) is 62.9 Å². The average molecular weight is 222 g/mol. The molecular formula is C14H22O2. The Balaban J connectivity index is 1.77. The van der Waals surface area contributed by atoms with Crippen LogP contribution in [0.2, 0.25) is 0 Å². The van der Waals surface area contributed by atoms with Gasteiger partial charge in [0.1, 0.15) is 0 Å². The third-order valence-electron chi connectivity index (χ3n) is 3.55.